The van der Waals surface area contributed by atoms with Crippen molar-refractivity contribution in [3.8, 4) is 0 Å². The third-order valence-corrected chi connectivity index (χ3v) is 3.01. The lowest BCUT2D eigenvalue weighted by Gasteiger charge is -2.19. The van der Waals surface area contributed by atoms with E-state index in [0.717, 1.165) is 16.7 Å². The second-order valence-electron chi connectivity index (χ2n) is 3.82. The van der Waals surface area contributed by atoms with Crippen molar-refractivity contribution in [1.29, 1.82) is 0 Å². The lowest BCUT2D eigenvalue weighted by Crippen LogP contribution is -2.16. The van der Waals surface area contributed by atoms with Gasteiger partial charge in [-0.3, -0.25) is 0 Å². The summed E-state index contributed by atoms with van der Waals surface area (Å²) in [5, 5.41) is 0. The minimum Gasteiger partial charge on any atom is -0.370 e. The molecule has 0 spiro atoms. The molecule has 0 fully saturated rings. The first kappa shape index (κ1) is 12.0. The minimum atomic E-state index is -0.454. The molecular weight excluding hydrogens is 283 g/mol. The van der Waals surface area contributed by atoms with E-state index in [1.807, 2.05) is 36.2 Å². The van der Waals surface area contributed by atoms with Gasteiger partial charge in [-0.05, 0) is 23.8 Å². The van der Waals surface area contributed by atoms with Crippen LogP contribution >= 0.6 is 15.9 Å². The summed E-state index contributed by atoms with van der Waals surface area (Å²) in [6.07, 6.45) is 1.47. The van der Waals surface area contributed by atoms with E-state index in [9.17, 15) is 4.39 Å². The molecule has 0 atom stereocenters. The first-order chi connectivity index (χ1) is 8.15. The molecule has 1 aromatic heterocycles. The highest BCUT2D eigenvalue weighted by atomic mass is 79.9. The van der Waals surface area contributed by atoms with Crippen LogP contribution in [-0.4, -0.2) is 12.0 Å². The van der Waals surface area contributed by atoms with Gasteiger partial charge in [-0.1, -0.05) is 28.1 Å². The molecule has 0 saturated carbocycles. The highest BCUT2D eigenvalue weighted by molar-refractivity contribution is 9.10. The molecule has 0 aliphatic carbocycles. The molecule has 1 aromatic carbocycles. The first-order valence-corrected chi connectivity index (χ1v) is 6.01. The molecule has 0 radical (unpaired) electrons. The van der Waals surface area contributed by atoms with Crippen LogP contribution in [0, 0.1) is 5.95 Å². The Hall–Kier alpha value is -1.42. The molecule has 1 heterocycles. The Kier molecular flexibility index (Phi) is 3.74. The van der Waals surface area contributed by atoms with Gasteiger partial charge in [0.05, 0.1) is 0 Å². The van der Waals surface area contributed by atoms with Crippen molar-refractivity contribution in [2.75, 3.05) is 11.9 Å². The smallest absolute Gasteiger partial charge is 0.214 e. The Morgan fingerprint density at radius 3 is 2.59 bits per heavy atom. The van der Waals surface area contributed by atoms with Crippen molar-refractivity contribution >= 4 is 21.6 Å². The van der Waals surface area contributed by atoms with E-state index in [1.54, 1.807) is 6.07 Å². The number of hydrogen-bond acceptors (Lipinski definition) is 2. The highest BCUT2D eigenvalue weighted by Crippen LogP contribution is 2.17. The van der Waals surface area contributed by atoms with Crippen LogP contribution in [0.25, 0.3) is 0 Å². The first-order valence-electron chi connectivity index (χ1n) is 5.22. The standard InChI is InChI=1S/C13H12BrFN2/c1-17(12-6-7-16-13(15)8-12)9-10-2-4-11(14)5-3-10/h2-8H,9H2,1H3. The van der Waals surface area contributed by atoms with Gasteiger partial charge in [-0.15, -0.1) is 0 Å². The summed E-state index contributed by atoms with van der Waals surface area (Å²) in [7, 11) is 1.93. The molecule has 0 N–H and O–H groups in total. The van der Waals surface area contributed by atoms with Gasteiger partial charge in [0.15, 0.2) is 0 Å². The van der Waals surface area contributed by atoms with Crippen LogP contribution < -0.4 is 4.90 Å². The summed E-state index contributed by atoms with van der Waals surface area (Å²) in [6, 6.07) is 11.3. The normalized spacial score (nSPS) is 10.3. The molecule has 0 amide bonds. The van der Waals surface area contributed by atoms with Crippen molar-refractivity contribution in [3.63, 3.8) is 0 Å². The topological polar surface area (TPSA) is 16.1 Å². The number of anilines is 1. The van der Waals surface area contributed by atoms with Gasteiger partial charge in [0, 0.05) is 36.0 Å². The van der Waals surface area contributed by atoms with Gasteiger partial charge in [-0.2, -0.15) is 4.39 Å². The van der Waals surface area contributed by atoms with Crippen molar-refractivity contribution in [2.24, 2.45) is 0 Å². The average Bonchev–Trinajstić information content (AvgIpc) is 2.32. The van der Waals surface area contributed by atoms with Crippen LogP contribution in [0.4, 0.5) is 10.1 Å². The molecule has 0 unspecified atom stereocenters. The van der Waals surface area contributed by atoms with E-state index in [-0.39, 0.29) is 0 Å². The number of hydrogen-bond donors (Lipinski definition) is 0. The summed E-state index contributed by atoms with van der Waals surface area (Å²) < 4.78 is 14.0. The maximum atomic E-state index is 13.0. The Morgan fingerprint density at radius 2 is 1.94 bits per heavy atom. The zero-order valence-corrected chi connectivity index (χ0v) is 11.0. The van der Waals surface area contributed by atoms with Crippen molar-refractivity contribution in [2.45, 2.75) is 6.54 Å². The maximum absolute atomic E-state index is 13.0. The van der Waals surface area contributed by atoms with Crippen molar-refractivity contribution in [3.05, 3.63) is 58.6 Å². The molecule has 0 saturated heterocycles. The van der Waals surface area contributed by atoms with Crippen LogP contribution in [-0.2, 0) is 6.54 Å². The third kappa shape index (κ3) is 3.27. The van der Waals surface area contributed by atoms with Crippen LogP contribution in [0.3, 0.4) is 0 Å². The molecule has 4 heteroatoms. The third-order valence-electron chi connectivity index (χ3n) is 2.48. The molecule has 2 aromatic rings. The van der Waals surface area contributed by atoms with Crippen molar-refractivity contribution < 1.29 is 4.39 Å². The second-order valence-corrected chi connectivity index (χ2v) is 4.73. The molecule has 17 heavy (non-hydrogen) atoms. The zero-order chi connectivity index (χ0) is 12.3. The molecule has 88 valence electrons. The van der Waals surface area contributed by atoms with Crippen LogP contribution in [0.1, 0.15) is 5.56 Å². The van der Waals surface area contributed by atoms with E-state index in [4.69, 9.17) is 0 Å². The lowest BCUT2D eigenvalue weighted by molar-refractivity contribution is 0.583. The number of benzene rings is 1. The predicted molar refractivity (Wildman–Crippen MR) is 70.4 cm³/mol. The van der Waals surface area contributed by atoms with Gasteiger partial charge < -0.3 is 4.90 Å². The Balaban J connectivity index is 2.11. The van der Waals surface area contributed by atoms with Crippen molar-refractivity contribution in [1.82, 2.24) is 4.98 Å². The monoisotopic (exact) mass is 294 g/mol. The molecular formula is C13H12BrFN2. The lowest BCUT2D eigenvalue weighted by atomic mass is 10.2. The van der Waals surface area contributed by atoms with Gasteiger partial charge in [0.25, 0.3) is 0 Å². The second kappa shape index (κ2) is 5.27. The minimum absolute atomic E-state index is 0.454. The number of halogens is 2. The summed E-state index contributed by atoms with van der Waals surface area (Å²) in [4.78, 5) is 5.52. The van der Waals surface area contributed by atoms with Crippen LogP contribution in [0.5, 0.6) is 0 Å². The van der Waals surface area contributed by atoms with E-state index in [0.29, 0.717) is 0 Å². The Morgan fingerprint density at radius 1 is 1.24 bits per heavy atom. The average molecular weight is 295 g/mol. The van der Waals surface area contributed by atoms with Gasteiger partial charge >= 0.3 is 0 Å². The summed E-state index contributed by atoms with van der Waals surface area (Å²) in [6.45, 7) is 0.733. The molecule has 0 aliphatic rings. The number of aromatic nitrogens is 1. The quantitative estimate of drug-likeness (QED) is 0.804. The summed E-state index contributed by atoms with van der Waals surface area (Å²) >= 11 is 3.39. The van der Waals surface area contributed by atoms with Crippen LogP contribution in [0.2, 0.25) is 0 Å². The molecule has 2 nitrogen and oxygen atoms in total. The van der Waals surface area contributed by atoms with E-state index >= 15 is 0 Å². The van der Waals surface area contributed by atoms with Gasteiger partial charge in [-0.25, -0.2) is 4.98 Å². The number of pyridine rings is 1. The molecule has 0 aliphatic heterocycles. The predicted octanol–water partition coefficient (Wildman–Crippen LogP) is 3.62. The molecule has 2 rings (SSSR count). The largest absolute Gasteiger partial charge is 0.370 e. The van der Waals surface area contributed by atoms with Gasteiger partial charge in [0.1, 0.15) is 0 Å². The van der Waals surface area contributed by atoms with E-state index in [2.05, 4.69) is 20.9 Å². The van der Waals surface area contributed by atoms with Crippen LogP contribution in [0.15, 0.2) is 47.1 Å². The maximum Gasteiger partial charge on any atom is 0.214 e. The summed E-state index contributed by atoms with van der Waals surface area (Å²) in [5.41, 5.74) is 1.99. The zero-order valence-electron chi connectivity index (χ0n) is 9.40. The van der Waals surface area contributed by atoms with E-state index in [1.165, 1.54) is 17.8 Å². The highest BCUT2D eigenvalue weighted by Gasteiger charge is 2.03. The molecule has 0 bridgehead atoms. The fourth-order valence-corrected chi connectivity index (χ4v) is 1.85. The SMILES string of the molecule is CN(Cc1ccc(Br)cc1)c1ccnc(F)c1. The fourth-order valence-electron chi connectivity index (χ4n) is 1.58. The fraction of sp³-hybridized carbons (Fsp3) is 0.154. The summed E-state index contributed by atoms with van der Waals surface area (Å²) in [5.74, 6) is -0.454. The van der Waals surface area contributed by atoms with E-state index < -0.39 is 5.95 Å². The number of rotatable bonds is 3. The Labute approximate surface area is 108 Å². The Bertz CT molecular complexity index is 499. The van der Waals surface area contributed by atoms with Gasteiger partial charge in [0.2, 0.25) is 5.95 Å². The number of nitrogens with zero attached hydrogens (tertiary/aromatic N) is 2.